The summed E-state index contributed by atoms with van der Waals surface area (Å²) in [7, 11) is -1.13. The molecule has 0 aliphatic carbocycles. The zero-order valence-corrected chi connectivity index (χ0v) is 10.2. The minimum atomic E-state index is -4.42. The summed E-state index contributed by atoms with van der Waals surface area (Å²) >= 11 is 2.34. The van der Waals surface area contributed by atoms with Crippen LogP contribution in [0.3, 0.4) is 0 Å². The molecule has 1 aliphatic rings. The van der Waals surface area contributed by atoms with E-state index in [-0.39, 0.29) is 0 Å². The second-order valence-electron chi connectivity index (χ2n) is 2.82. The van der Waals surface area contributed by atoms with Gasteiger partial charge in [0.05, 0.1) is 10.2 Å². The Bertz CT molecular complexity index is 255. The fourth-order valence-corrected chi connectivity index (χ4v) is 4.12. The van der Waals surface area contributed by atoms with Crippen LogP contribution in [0.1, 0.15) is 6.92 Å². The summed E-state index contributed by atoms with van der Waals surface area (Å²) in [5, 5.41) is 1.76. The van der Waals surface area contributed by atoms with E-state index in [1.165, 1.54) is 16.7 Å². The van der Waals surface area contributed by atoms with E-state index >= 15 is 0 Å². The molecule has 1 atom stereocenters. The maximum absolute atomic E-state index is 10.5. The van der Waals surface area contributed by atoms with Crippen molar-refractivity contribution in [2.24, 2.45) is 0 Å². The molecule has 0 saturated carbocycles. The minimum absolute atomic E-state index is 0.905. The van der Waals surface area contributed by atoms with Crippen LogP contribution in [0.5, 0.6) is 0 Å². The number of rotatable bonds is 3. The Labute approximate surface area is 92.8 Å². The molecular weight excluding hydrogens is 250 g/mol. The molecule has 14 heavy (non-hydrogen) atoms. The summed E-state index contributed by atoms with van der Waals surface area (Å²) in [5.41, 5.74) is 0. The van der Waals surface area contributed by atoms with Crippen LogP contribution in [0.15, 0.2) is 10.3 Å². The molecule has 0 aromatic rings. The highest BCUT2D eigenvalue weighted by molar-refractivity contribution is 8.23. The van der Waals surface area contributed by atoms with E-state index in [0.29, 0.717) is 0 Å². The van der Waals surface area contributed by atoms with Crippen molar-refractivity contribution in [2.45, 2.75) is 11.3 Å². The van der Waals surface area contributed by atoms with Gasteiger partial charge in [-0.15, -0.1) is 0 Å². The van der Waals surface area contributed by atoms with Gasteiger partial charge in [0.2, 0.25) is 0 Å². The van der Waals surface area contributed by atoms with Crippen LogP contribution in [-0.4, -0.2) is 23.4 Å². The minimum Gasteiger partial charge on any atom is -0.250 e. The zero-order chi connectivity index (χ0) is 11.0. The third-order valence-corrected chi connectivity index (χ3v) is 5.05. The summed E-state index contributed by atoms with van der Waals surface area (Å²) < 4.78 is 34.9. The number of hydrogen-bond donors (Lipinski definition) is 0. The molecule has 8 heteroatoms. The third kappa shape index (κ3) is 3.01. The molecule has 0 bridgehead atoms. The molecule has 0 radical (unpaired) electrons. The standard InChI is InChI=1S/C6H10ClNO4S2/c1-5-4-13-6(14-5,8(2)3)12-7(9,10)11/h4H,1-3H3. The summed E-state index contributed by atoms with van der Waals surface area (Å²) in [6.07, 6.45) is 0. The van der Waals surface area contributed by atoms with Crippen LogP contribution in [0.2, 0.25) is 0 Å². The third-order valence-electron chi connectivity index (χ3n) is 1.40. The van der Waals surface area contributed by atoms with Gasteiger partial charge >= 0.3 is 4.39 Å². The molecule has 0 fully saturated rings. The van der Waals surface area contributed by atoms with E-state index < -0.39 is 14.6 Å². The van der Waals surface area contributed by atoms with Crippen molar-refractivity contribution in [3.05, 3.63) is 10.3 Å². The highest BCUT2D eigenvalue weighted by Gasteiger charge is 2.53. The lowest BCUT2D eigenvalue weighted by atomic mass is 10.8. The van der Waals surface area contributed by atoms with Gasteiger partial charge in [0.15, 0.2) is 0 Å². The number of hydrogen-bond acceptors (Lipinski definition) is 7. The first-order chi connectivity index (χ1) is 6.25. The average molecular weight is 260 g/mol. The van der Waals surface area contributed by atoms with Crippen molar-refractivity contribution in [1.29, 1.82) is 0 Å². The fourth-order valence-electron chi connectivity index (χ4n) is 0.828. The molecule has 0 spiro atoms. The monoisotopic (exact) mass is 259 g/mol. The first kappa shape index (κ1) is 12.6. The van der Waals surface area contributed by atoms with Gasteiger partial charge in [0, 0.05) is 0 Å². The van der Waals surface area contributed by atoms with Crippen LogP contribution < -0.4 is 14.0 Å². The SMILES string of the molecule is CC1=CSC(O[Cl+3]([O-])([O-])[O-])(N(C)C)S1. The number of allylic oxidation sites excluding steroid dienone is 1. The summed E-state index contributed by atoms with van der Waals surface area (Å²) in [5.74, 6) is 0. The van der Waals surface area contributed by atoms with E-state index in [1.807, 2.05) is 6.92 Å². The topological polar surface area (TPSA) is 81.6 Å². The van der Waals surface area contributed by atoms with E-state index in [1.54, 1.807) is 19.5 Å². The van der Waals surface area contributed by atoms with Gasteiger partial charge in [0.1, 0.15) is 4.29 Å². The van der Waals surface area contributed by atoms with Gasteiger partial charge in [-0.1, -0.05) is 23.5 Å². The molecule has 1 heterocycles. The molecule has 1 unspecified atom stereocenters. The summed E-state index contributed by atoms with van der Waals surface area (Å²) in [4.78, 5) is 2.44. The van der Waals surface area contributed by atoms with Gasteiger partial charge in [-0.05, 0) is 31.3 Å². The van der Waals surface area contributed by atoms with Crippen molar-refractivity contribution in [3.8, 4) is 0 Å². The first-order valence-corrected chi connectivity index (χ1v) is 6.51. The number of halogens is 1. The summed E-state index contributed by atoms with van der Waals surface area (Å²) in [6.45, 7) is 1.82. The van der Waals surface area contributed by atoms with Crippen molar-refractivity contribution in [1.82, 2.24) is 4.90 Å². The van der Waals surface area contributed by atoms with Crippen LogP contribution in [-0.2, 0) is 4.29 Å². The van der Waals surface area contributed by atoms with Crippen molar-refractivity contribution >= 4 is 23.5 Å². The molecular formula is C6H10ClNO4S2. The van der Waals surface area contributed by atoms with E-state index in [2.05, 4.69) is 4.29 Å². The molecule has 1 aliphatic heterocycles. The molecule has 0 aromatic heterocycles. The Kier molecular flexibility index (Phi) is 3.77. The lowest BCUT2D eigenvalue weighted by molar-refractivity contribution is -1.92. The second kappa shape index (κ2) is 4.18. The Morgan fingerprint density at radius 3 is 2.29 bits per heavy atom. The maximum atomic E-state index is 10.5. The first-order valence-electron chi connectivity index (χ1n) is 3.58. The maximum Gasteiger partial charge on any atom is 0.380 e. The van der Waals surface area contributed by atoms with Crippen LogP contribution in [0, 0.1) is 10.2 Å². The fraction of sp³-hybridized carbons (Fsp3) is 0.667. The summed E-state index contributed by atoms with van der Waals surface area (Å²) in [6, 6.07) is 0. The second-order valence-corrected chi connectivity index (χ2v) is 6.42. The van der Waals surface area contributed by atoms with Crippen LogP contribution in [0.25, 0.3) is 0 Å². The van der Waals surface area contributed by atoms with Gasteiger partial charge in [-0.2, -0.15) is 14.0 Å². The molecule has 0 amide bonds. The van der Waals surface area contributed by atoms with Gasteiger partial charge in [0.25, 0.3) is 0 Å². The smallest absolute Gasteiger partial charge is 0.250 e. The normalized spacial score (nSPS) is 28.4. The Morgan fingerprint density at radius 2 is 2.00 bits per heavy atom. The van der Waals surface area contributed by atoms with E-state index in [4.69, 9.17) is 0 Å². The Morgan fingerprint density at radius 1 is 1.43 bits per heavy atom. The Balaban J connectivity index is 2.76. The molecule has 82 valence electrons. The number of nitrogens with zero attached hydrogens (tertiary/aromatic N) is 1. The molecule has 0 aromatic carbocycles. The quantitative estimate of drug-likeness (QED) is 0.566. The van der Waals surface area contributed by atoms with Crippen LogP contribution in [0.4, 0.5) is 0 Å². The zero-order valence-electron chi connectivity index (χ0n) is 7.85. The average Bonchev–Trinajstić information content (AvgIpc) is 2.29. The largest absolute Gasteiger partial charge is 0.380 e. The van der Waals surface area contributed by atoms with E-state index in [0.717, 1.165) is 16.7 Å². The van der Waals surface area contributed by atoms with E-state index in [9.17, 15) is 14.0 Å². The van der Waals surface area contributed by atoms with Crippen molar-refractivity contribution < 1.29 is 28.5 Å². The highest BCUT2D eigenvalue weighted by atomic mass is 35.7. The molecule has 5 nitrogen and oxygen atoms in total. The van der Waals surface area contributed by atoms with Gasteiger partial charge in [-0.25, -0.2) is 4.90 Å². The molecule has 0 N–H and O–H groups in total. The van der Waals surface area contributed by atoms with Gasteiger partial charge in [-0.3, -0.25) is 0 Å². The Hall–Kier alpha value is 0.530. The van der Waals surface area contributed by atoms with Gasteiger partial charge < -0.3 is 0 Å². The van der Waals surface area contributed by atoms with Crippen molar-refractivity contribution in [2.75, 3.05) is 14.1 Å². The predicted octanol–water partition coefficient (Wildman–Crippen LogP) is -1.59. The predicted molar refractivity (Wildman–Crippen MR) is 46.4 cm³/mol. The highest BCUT2D eigenvalue weighted by Crippen LogP contribution is 2.51. The van der Waals surface area contributed by atoms with Crippen molar-refractivity contribution in [3.63, 3.8) is 0 Å². The van der Waals surface area contributed by atoms with Crippen LogP contribution >= 0.6 is 23.5 Å². The molecule has 1 rings (SSSR count). The lowest BCUT2D eigenvalue weighted by Crippen LogP contribution is -2.65. The number of thioether (sulfide) groups is 2. The molecule has 0 saturated heterocycles. The lowest BCUT2D eigenvalue weighted by Gasteiger charge is -2.29.